The number of benzene rings is 1. The van der Waals surface area contributed by atoms with Crippen molar-refractivity contribution in [3.8, 4) is 0 Å². The number of esters is 1. The Morgan fingerprint density at radius 2 is 2.00 bits per heavy atom. The zero-order valence-corrected chi connectivity index (χ0v) is 13.2. The van der Waals surface area contributed by atoms with Gasteiger partial charge in [-0.05, 0) is 30.3 Å². The number of carbonyl (C=O) groups excluding carboxylic acids is 2. The molecular formula is C18H15N3O4. The number of rotatable bonds is 6. The van der Waals surface area contributed by atoms with Crippen LogP contribution in [-0.4, -0.2) is 28.5 Å². The van der Waals surface area contributed by atoms with Crippen molar-refractivity contribution in [3.05, 3.63) is 66.4 Å². The number of nitrogens with one attached hydrogen (secondary N) is 1. The van der Waals surface area contributed by atoms with Gasteiger partial charge in [0.1, 0.15) is 5.76 Å². The van der Waals surface area contributed by atoms with Crippen molar-refractivity contribution in [3.63, 3.8) is 0 Å². The van der Waals surface area contributed by atoms with Crippen LogP contribution in [0.4, 0.5) is 0 Å². The van der Waals surface area contributed by atoms with Crippen molar-refractivity contribution in [2.45, 2.75) is 6.54 Å². The van der Waals surface area contributed by atoms with Crippen molar-refractivity contribution in [1.29, 1.82) is 0 Å². The molecule has 7 heteroatoms. The van der Waals surface area contributed by atoms with Crippen LogP contribution in [0.25, 0.3) is 17.1 Å². The molecule has 0 aliphatic heterocycles. The maximum atomic E-state index is 11.7. The summed E-state index contributed by atoms with van der Waals surface area (Å²) < 4.78 is 9.95. The third kappa shape index (κ3) is 4.74. The minimum atomic E-state index is -0.636. The van der Waals surface area contributed by atoms with E-state index in [1.807, 2.05) is 24.3 Å². The molecule has 0 saturated carbocycles. The lowest BCUT2D eigenvalue weighted by Gasteiger charge is -2.03. The molecule has 126 valence electrons. The molecule has 0 bridgehead atoms. The van der Waals surface area contributed by atoms with Crippen LogP contribution >= 0.6 is 0 Å². The van der Waals surface area contributed by atoms with Crippen LogP contribution in [-0.2, 0) is 20.9 Å². The lowest BCUT2D eigenvalue weighted by Crippen LogP contribution is -2.27. The number of amides is 1. The van der Waals surface area contributed by atoms with Crippen LogP contribution in [0, 0.1) is 0 Å². The minimum Gasteiger partial charge on any atom is -0.467 e. The molecule has 7 nitrogen and oxygen atoms in total. The van der Waals surface area contributed by atoms with Crippen LogP contribution in [0.5, 0.6) is 0 Å². The number of fused-ring (bicyclic) bond motifs is 1. The van der Waals surface area contributed by atoms with Gasteiger partial charge in [0.2, 0.25) is 0 Å². The van der Waals surface area contributed by atoms with Crippen LogP contribution in [0.3, 0.4) is 0 Å². The Kier molecular flexibility index (Phi) is 5.16. The fourth-order valence-corrected chi connectivity index (χ4v) is 2.04. The summed E-state index contributed by atoms with van der Waals surface area (Å²) in [5, 5.41) is 2.58. The molecule has 0 radical (unpaired) electrons. The highest BCUT2D eigenvalue weighted by molar-refractivity contribution is 5.89. The first-order valence-electron chi connectivity index (χ1n) is 7.56. The number of para-hydroxylation sites is 2. The molecule has 1 amide bonds. The predicted octanol–water partition coefficient (Wildman–Crippen LogP) is 2.10. The topological polar surface area (TPSA) is 94.3 Å². The van der Waals surface area contributed by atoms with E-state index >= 15 is 0 Å². The highest BCUT2D eigenvalue weighted by Gasteiger charge is 2.06. The van der Waals surface area contributed by atoms with Crippen molar-refractivity contribution >= 4 is 29.0 Å². The van der Waals surface area contributed by atoms with Crippen LogP contribution in [0.15, 0.2) is 59.4 Å². The number of aromatic nitrogens is 2. The van der Waals surface area contributed by atoms with Crippen LogP contribution in [0.1, 0.15) is 11.5 Å². The molecule has 0 spiro atoms. The fourth-order valence-electron chi connectivity index (χ4n) is 2.04. The first-order valence-corrected chi connectivity index (χ1v) is 7.56. The first kappa shape index (κ1) is 16.4. The van der Waals surface area contributed by atoms with Crippen molar-refractivity contribution < 1.29 is 18.7 Å². The molecule has 0 atom stereocenters. The summed E-state index contributed by atoms with van der Waals surface area (Å²) in [5.41, 5.74) is 2.03. The highest BCUT2D eigenvalue weighted by atomic mass is 16.5. The van der Waals surface area contributed by atoms with E-state index in [9.17, 15) is 9.59 Å². The summed E-state index contributed by atoms with van der Waals surface area (Å²) in [6, 6.07) is 10.9. The van der Waals surface area contributed by atoms with Crippen LogP contribution in [0.2, 0.25) is 0 Å². The van der Waals surface area contributed by atoms with Gasteiger partial charge in [-0.15, -0.1) is 0 Å². The van der Waals surface area contributed by atoms with Crippen molar-refractivity contribution in [1.82, 2.24) is 15.3 Å². The Morgan fingerprint density at radius 1 is 1.16 bits per heavy atom. The maximum absolute atomic E-state index is 11.7. The standard InChI is InChI=1S/C18H15N3O4/c22-17(20-11-14-4-3-9-24-14)12-25-18(23)8-7-13-10-19-15-5-1-2-6-16(15)21-13/h1-10H,11-12H2,(H,20,22)/b8-7+. The molecule has 0 aliphatic carbocycles. The van der Waals surface area contributed by atoms with Gasteiger partial charge in [-0.3, -0.25) is 9.78 Å². The Balaban J connectivity index is 1.47. The number of hydrogen-bond acceptors (Lipinski definition) is 6. The number of ether oxygens (including phenoxy) is 1. The van der Waals surface area contributed by atoms with Gasteiger partial charge >= 0.3 is 5.97 Å². The summed E-state index contributed by atoms with van der Waals surface area (Å²) >= 11 is 0. The molecule has 0 aliphatic rings. The molecule has 2 heterocycles. The van der Waals surface area contributed by atoms with Gasteiger partial charge in [0.25, 0.3) is 5.91 Å². The second-order valence-corrected chi connectivity index (χ2v) is 5.08. The molecule has 3 aromatic rings. The minimum absolute atomic E-state index is 0.242. The fraction of sp³-hybridized carbons (Fsp3) is 0.111. The number of nitrogens with zero attached hydrogens (tertiary/aromatic N) is 2. The van der Waals surface area contributed by atoms with Crippen LogP contribution < -0.4 is 5.32 Å². The Bertz CT molecular complexity index is 904. The predicted molar refractivity (Wildman–Crippen MR) is 90.1 cm³/mol. The molecule has 25 heavy (non-hydrogen) atoms. The van der Waals surface area contributed by atoms with E-state index in [1.54, 1.807) is 18.3 Å². The molecule has 3 rings (SSSR count). The van der Waals surface area contributed by atoms with E-state index in [1.165, 1.54) is 18.4 Å². The van der Waals surface area contributed by atoms with Gasteiger partial charge in [0.05, 0.1) is 35.7 Å². The molecule has 1 N–H and O–H groups in total. The first-order chi connectivity index (χ1) is 12.2. The molecule has 0 unspecified atom stereocenters. The van der Waals surface area contributed by atoms with E-state index in [-0.39, 0.29) is 13.2 Å². The quantitative estimate of drug-likeness (QED) is 0.547. The maximum Gasteiger partial charge on any atom is 0.331 e. The molecular weight excluding hydrogens is 322 g/mol. The number of carbonyl (C=O) groups is 2. The summed E-state index contributed by atoms with van der Waals surface area (Å²) in [6.07, 6.45) is 5.77. The number of furan rings is 1. The molecule has 0 fully saturated rings. The van der Waals surface area contributed by atoms with E-state index in [2.05, 4.69) is 15.3 Å². The smallest absolute Gasteiger partial charge is 0.331 e. The summed E-state index contributed by atoms with van der Waals surface area (Å²) in [6.45, 7) is -0.126. The summed E-state index contributed by atoms with van der Waals surface area (Å²) in [7, 11) is 0. The van der Waals surface area contributed by atoms with Gasteiger partial charge in [-0.25, -0.2) is 9.78 Å². The average Bonchev–Trinajstić information content (AvgIpc) is 3.16. The third-order valence-corrected chi connectivity index (χ3v) is 3.24. The third-order valence-electron chi connectivity index (χ3n) is 3.24. The summed E-state index contributed by atoms with van der Waals surface area (Å²) in [4.78, 5) is 31.8. The lowest BCUT2D eigenvalue weighted by atomic mass is 10.3. The Labute approximate surface area is 143 Å². The van der Waals surface area contributed by atoms with Gasteiger partial charge < -0.3 is 14.5 Å². The van der Waals surface area contributed by atoms with E-state index in [4.69, 9.17) is 9.15 Å². The SMILES string of the molecule is O=C(COC(=O)/C=C/c1cnc2ccccc2n1)NCc1ccco1. The normalized spacial score (nSPS) is 10.9. The van der Waals surface area contributed by atoms with Gasteiger partial charge in [-0.1, -0.05) is 12.1 Å². The average molecular weight is 337 g/mol. The Hall–Kier alpha value is -3.48. The van der Waals surface area contributed by atoms with Gasteiger partial charge in [0.15, 0.2) is 6.61 Å². The number of hydrogen-bond donors (Lipinski definition) is 1. The lowest BCUT2D eigenvalue weighted by molar-refractivity contribution is -0.143. The van der Waals surface area contributed by atoms with Gasteiger partial charge in [-0.2, -0.15) is 0 Å². The Morgan fingerprint density at radius 3 is 2.80 bits per heavy atom. The largest absolute Gasteiger partial charge is 0.467 e. The van der Waals surface area contributed by atoms with Crippen molar-refractivity contribution in [2.24, 2.45) is 0 Å². The highest BCUT2D eigenvalue weighted by Crippen LogP contribution is 2.09. The molecule has 2 aromatic heterocycles. The van der Waals surface area contributed by atoms with E-state index in [0.717, 1.165) is 11.0 Å². The second-order valence-electron chi connectivity index (χ2n) is 5.08. The molecule has 0 saturated heterocycles. The zero-order valence-electron chi connectivity index (χ0n) is 13.2. The molecule has 1 aromatic carbocycles. The van der Waals surface area contributed by atoms with E-state index in [0.29, 0.717) is 11.5 Å². The monoisotopic (exact) mass is 337 g/mol. The summed E-state index contributed by atoms with van der Waals surface area (Å²) in [5.74, 6) is -0.429. The zero-order chi connectivity index (χ0) is 17.5. The van der Waals surface area contributed by atoms with Crippen molar-refractivity contribution in [2.75, 3.05) is 6.61 Å². The second kappa shape index (κ2) is 7.87. The van der Waals surface area contributed by atoms with Gasteiger partial charge in [0, 0.05) is 6.08 Å². The van der Waals surface area contributed by atoms with E-state index < -0.39 is 11.9 Å².